The Morgan fingerprint density at radius 2 is 1.14 bits per heavy atom. The number of hydrogen-bond donors (Lipinski definition) is 1. The van der Waals surface area contributed by atoms with E-state index in [0.717, 1.165) is 25.7 Å². The largest absolute Gasteiger partial charge is 0.481 e. The van der Waals surface area contributed by atoms with Gasteiger partial charge in [-0.05, 0) is 43.0 Å². The molecule has 0 saturated carbocycles. The summed E-state index contributed by atoms with van der Waals surface area (Å²) in [6, 6.07) is 0. The molecule has 0 unspecified atom stereocenters. The van der Waals surface area contributed by atoms with Crippen LogP contribution in [0.15, 0.2) is 22.7 Å². The molecule has 2 nitrogen and oxygen atoms in total. The lowest BCUT2D eigenvalue weighted by molar-refractivity contribution is -0.137. The zero-order chi connectivity index (χ0) is 21.4. The molecule has 3 heteroatoms. The van der Waals surface area contributed by atoms with Crippen molar-refractivity contribution >= 4 is 21.9 Å². The van der Waals surface area contributed by atoms with Crippen LogP contribution in [0.25, 0.3) is 0 Å². The summed E-state index contributed by atoms with van der Waals surface area (Å²) < 4.78 is 1.20. The summed E-state index contributed by atoms with van der Waals surface area (Å²) in [6.45, 7) is 2.28. The van der Waals surface area contributed by atoms with Crippen molar-refractivity contribution in [3.05, 3.63) is 22.7 Å². The molecule has 0 aromatic carbocycles. The third kappa shape index (κ3) is 25.4. The van der Waals surface area contributed by atoms with Gasteiger partial charge in [-0.15, -0.1) is 0 Å². The highest BCUT2D eigenvalue weighted by molar-refractivity contribution is 9.11. The fraction of sp³-hybridized carbons (Fsp3) is 0.808. The molecule has 170 valence electrons. The summed E-state index contributed by atoms with van der Waals surface area (Å²) in [5.41, 5.74) is 0. The Kier molecular flexibility index (Phi) is 23.2. The van der Waals surface area contributed by atoms with E-state index < -0.39 is 5.97 Å². The number of carboxylic acid groups (broad SMARTS) is 1. The van der Waals surface area contributed by atoms with Gasteiger partial charge >= 0.3 is 5.97 Å². The molecule has 0 aliphatic rings. The van der Waals surface area contributed by atoms with Crippen molar-refractivity contribution in [2.75, 3.05) is 0 Å². The highest BCUT2D eigenvalue weighted by atomic mass is 79.9. The fourth-order valence-corrected chi connectivity index (χ4v) is 3.99. The molecule has 0 aromatic heterocycles. The Morgan fingerprint density at radius 3 is 1.66 bits per heavy atom. The predicted molar refractivity (Wildman–Crippen MR) is 132 cm³/mol. The second-order valence-corrected chi connectivity index (χ2v) is 9.35. The van der Waals surface area contributed by atoms with Crippen LogP contribution < -0.4 is 0 Å². The molecule has 0 bridgehead atoms. The van der Waals surface area contributed by atoms with Crippen molar-refractivity contribution in [2.45, 2.75) is 135 Å². The Labute approximate surface area is 189 Å². The molecule has 0 spiro atoms. The first-order valence-corrected chi connectivity index (χ1v) is 13.2. The summed E-state index contributed by atoms with van der Waals surface area (Å²) in [5, 5.41) is 8.61. The highest BCUT2D eigenvalue weighted by Gasteiger charge is 1.96. The summed E-state index contributed by atoms with van der Waals surface area (Å²) >= 11 is 3.58. The Balaban J connectivity index is 3.26. The molecule has 0 aromatic rings. The number of rotatable bonds is 22. The lowest BCUT2D eigenvalue weighted by atomic mass is 10.0. The maximum Gasteiger partial charge on any atom is 0.303 e. The summed E-state index contributed by atoms with van der Waals surface area (Å²) in [5.74, 6) is -0.707. The van der Waals surface area contributed by atoms with Gasteiger partial charge in [0.2, 0.25) is 0 Å². The third-order valence-electron chi connectivity index (χ3n) is 5.40. The quantitative estimate of drug-likeness (QED) is 0.126. The molecular weight excluding hydrogens is 424 g/mol. The van der Waals surface area contributed by atoms with Crippen LogP contribution in [-0.2, 0) is 4.79 Å². The number of allylic oxidation sites excluding steroid dienone is 4. The molecule has 29 heavy (non-hydrogen) atoms. The topological polar surface area (TPSA) is 37.3 Å². The van der Waals surface area contributed by atoms with E-state index in [1.807, 2.05) is 0 Å². The van der Waals surface area contributed by atoms with Gasteiger partial charge in [0, 0.05) is 6.42 Å². The Hall–Kier alpha value is -0.570. The van der Waals surface area contributed by atoms with Crippen LogP contribution in [0.4, 0.5) is 0 Å². The van der Waals surface area contributed by atoms with Gasteiger partial charge in [0.15, 0.2) is 0 Å². The van der Waals surface area contributed by atoms with E-state index in [1.54, 1.807) is 0 Å². The van der Waals surface area contributed by atoms with Crippen LogP contribution in [0, 0.1) is 0 Å². The maximum absolute atomic E-state index is 10.5. The van der Waals surface area contributed by atoms with Crippen molar-refractivity contribution < 1.29 is 9.90 Å². The molecule has 0 amide bonds. The molecule has 0 heterocycles. The number of aliphatic carboxylic acids is 1. The Morgan fingerprint density at radius 1 is 0.655 bits per heavy atom. The second kappa shape index (κ2) is 23.7. The molecule has 0 aliphatic heterocycles. The van der Waals surface area contributed by atoms with Crippen LogP contribution in [0.1, 0.15) is 135 Å². The monoisotopic (exact) mass is 470 g/mol. The molecule has 0 rings (SSSR count). The first kappa shape index (κ1) is 28.4. The normalized spacial score (nSPS) is 12.1. The smallest absolute Gasteiger partial charge is 0.303 e. The van der Waals surface area contributed by atoms with Gasteiger partial charge in [-0.25, -0.2) is 0 Å². The minimum absolute atomic E-state index is 0.260. The van der Waals surface area contributed by atoms with Crippen LogP contribution in [0.5, 0.6) is 0 Å². The fourth-order valence-electron chi connectivity index (χ4n) is 3.53. The maximum atomic E-state index is 10.5. The first-order chi connectivity index (χ1) is 14.2. The van der Waals surface area contributed by atoms with E-state index in [4.69, 9.17) is 5.11 Å². The molecular formula is C26H47BrO2. The average molecular weight is 472 g/mol. The van der Waals surface area contributed by atoms with Crippen molar-refractivity contribution in [2.24, 2.45) is 0 Å². The highest BCUT2D eigenvalue weighted by Crippen LogP contribution is 2.16. The molecule has 0 aliphatic carbocycles. The first-order valence-electron chi connectivity index (χ1n) is 12.4. The second-order valence-electron chi connectivity index (χ2n) is 8.33. The van der Waals surface area contributed by atoms with Crippen LogP contribution in [0.2, 0.25) is 0 Å². The Bertz CT molecular complexity index is 415. The van der Waals surface area contributed by atoms with Gasteiger partial charge in [0.1, 0.15) is 0 Å². The van der Waals surface area contributed by atoms with E-state index >= 15 is 0 Å². The van der Waals surface area contributed by atoms with Crippen molar-refractivity contribution in [1.29, 1.82) is 0 Å². The number of halogens is 1. The summed E-state index contributed by atoms with van der Waals surface area (Å²) in [7, 11) is 0. The van der Waals surface area contributed by atoms with E-state index in [2.05, 4.69) is 41.1 Å². The van der Waals surface area contributed by atoms with Crippen LogP contribution in [0.3, 0.4) is 0 Å². The van der Waals surface area contributed by atoms with Crippen molar-refractivity contribution in [3.63, 3.8) is 0 Å². The van der Waals surface area contributed by atoms with Crippen LogP contribution >= 0.6 is 15.9 Å². The van der Waals surface area contributed by atoms with Gasteiger partial charge in [0.05, 0.1) is 0 Å². The van der Waals surface area contributed by atoms with E-state index in [-0.39, 0.29) is 6.42 Å². The van der Waals surface area contributed by atoms with E-state index in [1.165, 1.54) is 101 Å². The van der Waals surface area contributed by atoms with Gasteiger partial charge < -0.3 is 5.11 Å². The lowest BCUT2D eigenvalue weighted by Crippen LogP contribution is -1.92. The molecule has 0 fully saturated rings. The summed E-state index contributed by atoms with van der Waals surface area (Å²) in [6.07, 6.45) is 31.7. The number of carbonyl (C=O) groups is 1. The van der Waals surface area contributed by atoms with Crippen molar-refractivity contribution in [3.8, 4) is 0 Å². The molecule has 0 radical (unpaired) electrons. The number of unbranched alkanes of at least 4 members (excludes halogenated alkanes) is 15. The molecule has 0 saturated heterocycles. The van der Waals surface area contributed by atoms with Crippen LogP contribution in [-0.4, -0.2) is 11.1 Å². The molecule has 1 N–H and O–H groups in total. The van der Waals surface area contributed by atoms with Gasteiger partial charge in [-0.3, -0.25) is 4.79 Å². The average Bonchev–Trinajstić information content (AvgIpc) is 2.70. The number of hydrogen-bond acceptors (Lipinski definition) is 1. The SMILES string of the molecule is CCCCCCCCCCCCCCCCC=CCCC(Br)=CCCCC(=O)O. The summed E-state index contributed by atoms with van der Waals surface area (Å²) in [4.78, 5) is 10.5. The minimum Gasteiger partial charge on any atom is -0.481 e. The predicted octanol–water partition coefficient (Wildman–Crippen LogP) is 9.73. The standard InChI is InChI=1S/C26H47BrO2/c1-2-3-4-5-6-7-8-9-10-11-12-13-14-15-16-17-18-19-22-25(27)23-20-21-24-26(28)29/h17-18,23H,2-16,19-22,24H2,1H3,(H,28,29). The molecule has 0 atom stereocenters. The van der Waals surface area contributed by atoms with E-state index in [0.29, 0.717) is 0 Å². The van der Waals surface area contributed by atoms with Gasteiger partial charge in [0.25, 0.3) is 0 Å². The zero-order valence-corrected chi connectivity index (χ0v) is 20.7. The van der Waals surface area contributed by atoms with E-state index in [9.17, 15) is 4.79 Å². The number of carboxylic acids is 1. The lowest BCUT2D eigenvalue weighted by Gasteiger charge is -2.02. The zero-order valence-electron chi connectivity index (χ0n) is 19.1. The minimum atomic E-state index is -0.707. The van der Waals surface area contributed by atoms with Gasteiger partial charge in [-0.1, -0.05) is 125 Å². The third-order valence-corrected chi connectivity index (χ3v) is 6.12. The van der Waals surface area contributed by atoms with Crippen molar-refractivity contribution in [1.82, 2.24) is 0 Å². The van der Waals surface area contributed by atoms with Gasteiger partial charge in [-0.2, -0.15) is 0 Å².